The number of hydrogen-bond acceptors (Lipinski definition) is 0. The minimum absolute atomic E-state index is 0. The molecule has 4 heavy (non-hydrogen) atoms. The fourth-order valence-corrected chi connectivity index (χ4v) is 0. The van der Waals surface area contributed by atoms with Gasteiger partial charge in [0.1, 0.15) is 0 Å². The molecular formula is H2GaInOZn. The number of hydrogen-bond donors (Lipinski definition) is 0. The summed E-state index contributed by atoms with van der Waals surface area (Å²) in [7, 11) is 0. The Morgan fingerprint density at radius 3 is 1.00 bits per heavy atom. The van der Waals surface area contributed by atoms with E-state index in [1.54, 1.807) is 0 Å². The fourth-order valence-electron chi connectivity index (χ4n) is 0. The van der Waals surface area contributed by atoms with Crippen molar-refractivity contribution in [2.75, 3.05) is 0 Å². The molecule has 0 aliphatic heterocycles. The van der Waals surface area contributed by atoms with E-state index in [0.29, 0.717) is 0 Å². The Morgan fingerprint density at radius 2 is 1.00 bits per heavy atom. The molecule has 0 amide bonds. The second kappa shape index (κ2) is 19.5. The maximum absolute atomic E-state index is 0. The Bertz CT molecular complexity index is 8.00. The van der Waals surface area contributed by atoms with Crippen molar-refractivity contribution in [2.45, 2.75) is 0 Å². The molecule has 0 heterocycles. The molecule has 0 aromatic carbocycles. The Labute approximate surface area is 69.8 Å². The Morgan fingerprint density at radius 1 is 1.00 bits per heavy atom. The van der Waals surface area contributed by atoms with Crippen molar-refractivity contribution in [3.05, 3.63) is 0 Å². The molecule has 0 aromatic rings. The van der Waals surface area contributed by atoms with Gasteiger partial charge < -0.3 is 5.48 Å². The van der Waals surface area contributed by atoms with Crippen molar-refractivity contribution in [2.24, 2.45) is 0 Å². The first kappa shape index (κ1) is 36.1. The third kappa shape index (κ3) is 8.94. The molecule has 0 aromatic heterocycles. The SMILES string of the molecule is O.[Ga].[In].[Zn]. The van der Waals surface area contributed by atoms with Crippen LogP contribution < -0.4 is 0 Å². The topological polar surface area (TPSA) is 31.5 Å². The van der Waals surface area contributed by atoms with E-state index >= 15 is 0 Å². The van der Waals surface area contributed by atoms with Gasteiger partial charge in [0, 0.05) is 65.1 Å². The van der Waals surface area contributed by atoms with E-state index in [4.69, 9.17) is 0 Å². The monoisotopic (exact) mass is 266 g/mol. The standard InChI is InChI=1S/Ga.In.H2O.Zn/h;;1H2;. The summed E-state index contributed by atoms with van der Waals surface area (Å²) in [6, 6.07) is 0. The fraction of sp³-hybridized carbons (Fsp3) is 0. The van der Waals surface area contributed by atoms with E-state index < -0.39 is 0 Å². The van der Waals surface area contributed by atoms with Crippen LogP contribution in [0, 0.1) is 0 Å². The summed E-state index contributed by atoms with van der Waals surface area (Å²) < 4.78 is 0. The summed E-state index contributed by atoms with van der Waals surface area (Å²) in [5, 5.41) is 0. The summed E-state index contributed by atoms with van der Waals surface area (Å²) in [5.41, 5.74) is 0. The van der Waals surface area contributed by atoms with Gasteiger partial charge in [-0.15, -0.1) is 0 Å². The van der Waals surface area contributed by atoms with Crippen LogP contribution in [0.25, 0.3) is 0 Å². The van der Waals surface area contributed by atoms with Crippen molar-refractivity contribution >= 4 is 45.6 Å². The summed E-state index contributed by atoms with van der Waals surface area (Å²) in [4.78, 5) is 0. The smallest absolute Gasteiger partial charge is 0 e. The predicted octanol–water partition coefficient (Wildman–Crippen LogP) is -1.59. The largest absolute Gasteiger partial charge is 0.412 e. The van der Waals surface area contributed by atoms with Gasteiger partial charge in [0.15, 0.2) is 0 Å². The molecule has 6 radical (unpaired) electrons. The summed E-state index contributed by atoms with van der Waals surface area (Å²) in [6.45, 7) is 0. The molecule has 1 nitrogen and oxygen atoms in total. The molecule has 0 saturated carbocycles. The van der Waals surface area contributed by atoms with E-state index in [0.717, 1.165) is 0 Å². The molecule has 0 rings (SSSR count). The van der Waals surface area contributed by atoms with Gasteiger partial charge >= 0.3 is 0 Å². The molecule has 0 unspecified atom stereocenters. The van der Waals surface area contributed by atoms with E-state index in [1.807, 2.05) is 0 Å². The van der Waals surface area contributed by atoms with Crippen molar-refractivity contribution in [3.63, 3.8) is 0 Å². The molecule has 0 aliphatic carbocycles. The second-order valence-electron chi connectivity index (χ2n) is 0. The molecule has 2 N–H and O–H groups in total. The first-order valence-electron chi connectivity index (χ1n) is 0. The molecule has 0 spiro atoms. The minimum atomic E-state index is 0. The molecule has 4 heteroatoms. The molecule has 16 valence electrons. The van der Waals surface area contributed by atoms with Crippen LogP contribution in [0.1, 0.15) is 0 Å². The zero-order chi connectivity index (χ0) is 0. The van der Waals surface area contributed by atoms with Crippen molar-refractivity contribution in [3.8, 4) is 0 Å². The zero-order valence-corrected chi connectivity index (χ0v) is 11.0. The van der Waals surface area contributed by atoms with Gasteiger partial charge in [0.25, 0.3) is 0 Å². The van der Waals surface area contributed by atoms with Crippen LogP contribution in [0.4, 0.5) is 0 Å². The first-order chi connectivity index (χ1) is 0. The van der Waals surface area contributed by atoms with Gasteiger partial charge in [-0.25, -0.2) is 0 Å². The molecule has 0 aliphatic rings. The normalized spacial score (nSPS) is 0. The molecule has 0 atom stereocenters. The van der Waals surface area contributed by atoms with Gasteiger partial charge in [-0.1, -0.05) is 0 Å². The van der Waals surface area contributed by atoms with Crippen LogP contribution in [0.5, 0.6) is 0 Å². The third-order valence-corrected chi connectivity index (χ3v) is 0. The molecule has 0 fully saturated rings. The Kier molecular flexibility index (Phi) is 176. The van der Waals surface area contributed by atoms with Gasteiger partial charge in [-0.05, 0) is 0 Å². The van der Waals surface area contributed by atoms with Crippen LogP contribution in [0.2, 0.25) is 0 Å². The average molecular weight is 268 g/mol. The minimum Gasteiger partial charge on any atom is -0.412 e. The molecular weight excluding hydrogens is 266 g/mol. The van der Waals surface area contributed by atoms with Gasteiger partial charge in [0.2, 0.25) is 0 Å². The van der Waals surface area contributed by atoms with Gasteiger partial charge in [-0.3, -0.25) is 0 Å². The Hall–Kier alpha value is 2.09. The summed E-state index contributed by atoms with van der Waals surface area (Å²) in [6.07, 6.45) is 0. The van der Waals surface area contributed by atoms with Crippen LogP contribution in [0.3, 0.4) is 0 Å². The van der Waals surface area contributed by atoms with Crippen LogP contribution in [-0.2, 0) is 19.5 Å². The first-order valence-corrected chi connectivity index (χ1v) is 0. The number of rotatable bonds is 0. The van der Waals surface area contributed by atoms with E-state index in [2.05, 4.69) is 0 Å². The van der Waals surface area contributed by atoms with Crippen LogP contribution in [0.15, 0.2) is 0 Å². The molecule has 0 saturated heterocycles. The van der Waals surface area contributed by atoms with Crippen LogP contribution >= 0.6 is 0 Å². The average Bonchev–Trinajstić information content (AvgIpc) is 0. The summed E-state index contributed by atoms with van der Waals surface area (Å²) in [5.74, 6) is 0. The zero-order valence-electron chi connectivity index (χ0n) is 2.36. The molecule has 0 bridgehead atoms. The van der Waals surface area contributed by atoms with E-state index in [9.17, 15) is 0 Å². The quantitative estimate of drug-likeness (QED) is 0.474. The summed E-state index contributed by atoms with van der Waals surface area (Å²) >= 11 is 0. The Balaban J connectivity index is 0. The third-order valence-electron chi connectivity index (χ3n) is 0. The van der Waals surface area contributed by atoms with Crippen LogP contribution in [-0.4, -0.2) is 51.1 Å². The maximum atomic E-state index is 0. The van der Waals surface area contributed by atoms with E-state index in [1.165, 1.54) is 0 Å². The second-order valence-corrected chi connectivity index (χ2v) is 0. The predicted molar refractivity (Wildman–Crippen MR) is 15.1 cm³/mol. The van der Waals surface area contributed by atoms with Crippen molar-refractivity contribution < 1.29 is 25.0 Å². The van der Waals surface area contributed by atoms with Gasteiger partial charge in [0.05, 0.1) is 0 Å². The van der Waals surface area contributed by atoms with E-state index in [-0.39, 0.29) is 70.6 Å². The maximum Gasteiger partial charge on any atom is 0 e. The van der Waals surface area contributed by atoms with Gasteiger partial charge in [-0.2, -0.15) is 0 Å². The van der Waals surface area contributed by atoms with Crippen molar-refractivity contribution in [1.82, 2.24) is 0 Å². The van der Waals surface area contributed by atoms with Crippen molar-refractivity contribution in [1.29, 1.82) is 0 Å².